The predicted molar refractivity (Wildman–Crippen MR) is 131 cm³/mol. The van der Waals surface area contributed by atoms with Gasteiger partial charge in [0, 0.05) is 46.5 Å². The standard InChI is InChI=1S/C25H22ClF2N2O3P/c1-14-8-15(2)10-19(9-14)34(32,33-3)24-20-11-17(26)5-7-22(20)30-23(24)25(31)29-13-16-4-6-18(27)12-21(16)28/h4-12,30H,13H2,1-3H3,(H,29,31). The van der Waals surface area contributed by atoms with Gasteiger partial charge in [-0.05, 0) is 50.2 Å². The fourth-order valence-electron chi connectivity index (χ4n) is 4.00. The lowest BCUT2D eigenvalue weighted by atomic mass is 10.2. The van der Waals surface area contributed by atoms with Gasteiger partial charge < -0.3 is 14.8 Å². The van der Waals surface area contributed by atoms with E-state index in [0.29, 0.717) is 21.2 Å². The molecule has 0 aliphatic rings. The smallest absolute Gasteiger partial charge is 0.268 e. The number of halogens is 3. The van der Waals surface area contributed by atoms with Crippen molar-refractivity contribution in [1.82, 2.24) is 10.3 Å². The number of nitrogens with one attached hydrogen (secondary N) is 2. The van der Waals surface area contributed by atoms with Gasteiger partial charge in [0.05, 0.1) is 5.30 Å². The summed E-state index contributed by atoms with van der Waals surface area (Å²) in [5.41, 5.74) is 2.45. The van der Waals surface area contributed by atoms with E-state index >= 15 is 0 Å². The van der Waals surface area contributed by atoms with Crippen LogP contribution in [0.25, 0.3) is 10.9 Å². The van der Waals surface area contributed by atoms with E-state index in [1.807, 2.05) is 19.9 Å². The molecule has 0 aliphatic carbocycles. The Labute approximate surface area is 200 Å². The van der Waals surface area contributed by atoms with Crippen LogP contribution in [0.1, 0.15) is 27.2 Å². The van der Waals surface area contributed by atoms with Gasteiger partial charge in [-0.2, -0.15) is 0 Å². The maximum Gasteiger partial charge on any atom is 0.268 e. The third-order valence-corrected chi connectivity index (χ3v) is 8.25. The molecule has 9 heteroatoms. The molecule has 3 aromatic carbocycles. The fourth-order valence-corrected chi connectivity index (χ4v) is 6.52. The molecule has 176 valence electrons. The molecule has 1 aromatic heterocycles. The van der Waals surface area contributed by atoms with Crippen LogP contribution in [0.15, 0.2) is 54.6 Å². The third-order valence-electron chi connectivity index (χ3n) is 5.51. The molecule has 0 spiro atoms. The van der Waals surface area contributed by atoms with E-state index < -0.39 is 24.9 Å². The number of aryl methyl sites for hydroxylation is 2. The molecule has 0 aliphatic heterocycles. The van der Waals surface area contributed by atoms with Crippen LogP contribution in [-0.4, -0.2) is 18.0 Å². The summed E-state index contributed by atoms with van der Waals surface area (Å²) in [6.07, 6.45) is 0. The Morgan fingerprint density at radius 1 is 1.06 bits per heavy atom. The average Bonchev–Trinajstić information content (AvgIpc) is 3.16. The third kappa shape index (κ3) is 4.51. The second kappa shape index (κ2) is 9.34. The number of fused-ring (bicyclic) bond motifs is 1. The van der Waals surface area contributed by atoms with Crippen molar-refractivity contribution in [2.24, 2.45) is 0 Å². The Hall–Kier alpha value is -2.99. The molecule has 1 unspecified atom stereocenters. The molecule has 1 atom stereocenters. The van der Waals surface area contributed by atoms with Gasteiger partial charge >= 0.3 is 0 Å². The first-order valence-electron chi connectivity index (χ1n) is 10.4. The minimum absolute atomic E-state index is 0.0177. The molecular weight excluding hydrogens is 481 g/mol. The molecule has 1 heterocycles. The largest absolute Gasteiger partial charge is 0.350 e. The van der Waals surface area contributed by atoms with Crippen molar-refractivity contribution in [3.8, 4) is 0 Å². The number of H-pyrrole nitrogens is 1. The van der Waals surface area contributed by atoms with Gasteiger partial charge in [-0.3, -0.25) is 9.36 Å². The topological polar surface area (TPSA) is 71.2 Å². The van der Waals surface area contributed by atoms with Crippen molar-refractivity contribution in [1.29, 1.82) is 0 Å². The second-order valence-electron chi connectivity index (χ2n) is 8.04. The van der Waals surface area contributed by atoms with Gasteiger partial charge in [0.15, 0.2) is 0 Å². The zero-order valence-electron chi connectivity index (χ0n) is 18.7. The Balaban J connectivity index is 1.84. The zero-order chi connectivity index (χ0) is 24.6. The lowest BCUT2D eigenvalue weighted by molar-refractivity contribution is 0.0947. The van der Waals surface area contributed by atoms with Gasteiger partial charge in [-0.1, -0.05) is 34.9 Å². The average molecular weight is 503 g/mol. The highest BCUT2D eigenvalue weighted by Crippen LogP contribution is 2.47. The highest BCUT2D eigenvalue weighted by Gasteiger charge is 2.36. The molecule has 0 saturated heterocycles. The van der Waals surface area contributed by atoms with Gasteiger partial charge in [-0.15, -0.1) is 0 Å². The van der Waals surface area contributed by atoms with Gasteiger partial charge in [0.1, 0.15) is 17.3 Å². The van der Waals surface area contributed by atoms with Crippen LogP contribution in [0, 0.1) is 25.5 Å². The van der Waals surface area contributed by atoms with Crippen LogP contribution in [-0.2, 0) is 15.6 Å². The van der Waals surface area contributed by atoms with Crippen LogP contribution in [0.5, 0.6) is 0 Å². The number of hydrogen-bond donors (Lipinski definition) is 2. The molecule has 4 aromatic rings. The summed E-state index contributed by atoms with van der Waals surface area (Å²) in [7, 11) is -2.42. The van der Waals surface area contributed by atoms with Crippen molar-refractivity contribution >= 4 is 46.4 Å². The van der Waals surface area contributed by atoms with Crippen molar-refractivity contribution in [3.63, 3.8) is 0 Å². The number of benzene rings is 3. The SMILES string of the molecule is COP(=O)(c1cc(C)cc(C)c1)c1c(C(=O)NCc2ccc(F)cc2F)[nH]c2ccc(Cl)cc12. The van der Waals surface area contributed by atoms with E-state index in [4.69, 9.17) is 16.1 Å². The number of aromatic amines is 1. The molecule has 0 radical (unpaired) electrons. The summed E-state index contributed by atoms with van der Waals surface area (Å²) in [5, 5.41) is 4.11. The summed E-state index contributed by atoms with van der Waals surface area (Å²) in [6.45, 7) is 3.57. The molecular formula is C25H22ClF2N2O3P. The lowest BCUT2D eigenvalue weighted by Crippen LogP contribution is -2.30. The molecule has 4 rings (SSSR count). The highest BCUT2D eigenvalue weighted by molar-refractivity contribution is 7.75. The Bertz CT molecular complexity index is 1450. The van der Waals surface area contributed by atoms with Gasteiger partial charge in [0.2, 0.25) is 0 Å². The summed E-state index contributed by atoms with van der Waals surface area (Å²) < 4.78 is 47.3. The fraction of sp³-hybridized carbons (Fsp3) is 0.160. The van der Waals surface area contributed by atoms with Crippen LogP contribution >= 0.6 is 19.0 Å². The minimum atomic E-state index is -3.75. The highest BCUT2D eigenvalue weighted by atomic mass is 35.5. The lowest BCUT2D eigenvalue weighted by Gasteiger charge is -2.19. The monoisotopic (exact) mass is 502 g/mol. The molecule has 0 saturated carbocycles. The second-order valence-corrected chi connectivity index (χ2v) is 10.9. The minimum Gasteiger partial charge on any atom is -0.350 e. The Morgan fingerprint density at radius 2 is 1.76 bits per heavy atom. The van der Waals surface area contributed by atoms with E-state index in [1.54, 1.807) is 30.3 Å². The maximum atomic E-state index is 14.4. The first-order chi connectivity index (χ1) is 16.1. The van der Waals surface area contributed by atoms with Gasteiger partial charge in [-0.25, -0.2) is 8.78 Å². The number of aromatic nitrogens is 1. The number of rotatable bonds is 6. The van der Waals surface area contributed by atoms with Crippen molar-refractivity contribution in [2.75, 3.05) is 7.11 Å². The molecule has 34 heavy (non-hydrogen) atoms. The van der Waals surface area contributed by atoms with E-state index in [1.165, 1.54) is 13.2 Å². The quantitative estimate of drug-likeness (QED) is 0.341. The normalized spacial score (nSPS) is 13.1. The summed E-state index contributed by atoms with van der Waals surface area (Å²) in [4.78, 5) is 16.3. The van der Waals surface area contributed by atoms with Crippen molar-refractivity contribution in [3.05, 3.63) is 93.6 Å². The zero-order valence-corrected chi connectivity index (χ0v) is 20.4. The summed E-state index contributed by atoms with van der Waals surface area (Å²) in [5.74, 6) is -2.11. The number of carbonyl (C=O) groups is 1. The first kappa shape index (κ1) is 24.1. The van der Waals surface area contributed by atoms with E-state index in [2.05, 4.69) is 10.3 Å². The van der Waals surface area contributed by atoms with Crippen molar-refractivity contribution < 1.29 is 22.7 Å². The van der Waals surface area contributed by atoms with Gasteiger partial charge in [0.25, 0.3) is 13.3 Å². The number of amides is 1. The van der Waals surface area contributed by atoms with E-state index in [9.17, 15) is 18.1 Å². The van der Waals surface area contributed by atoms with Crippen LogP contribution in [0.2, 0.25) is 5.02 Å². The Morgan fingerprint density at radius 3 is 2.41 bits per heavy atom. The van der Waals surface area contributed by atoms with E-state index in [0.717, 1.165) is 23.3 Å². The van der Waals surface area contributed by atoms with Crippen LogP contribution in [0.3, 0.4) is 0 Å². The molecule has 0 fully saturated rings. The number of hydrogen-bond acceptors (Lipinski definition) is 3. The maximum absolute atomic E-state index is 14.4. The predicted octanol–water partition coefficient (Wildman–Crippen LogP) is 5.52. The summed E-state index contributed by atoms with van der Waals surface area (Å²) in [6, 6.07) is 13.5. The Kier molecular flexibility index (Phi) is 6.63. The number of carbonyl (C=O) groups excluding carboxylic acids is 1. The van der Waals surface area contributed by atoms with E-state index in [-0.39, 0.29) is 23.1 Å². The van der Waals surface area contributed by atoms with Crippen LogP contribution < -0.4 is 15.9 Å². The molecule has 1 amide bonds. The first-order valence-corrected chi connectivity index (χ1v) is 12.4. The summed E-state index contributed by atoms with van der Waals surface area (Å²) >= 11 is 6.22. The molecule has 0 bridgehead atoms. The molecule has 5 nitrogen and oxygen atoms in total. The van der Waals surface area contributed by atoms with Crippen LogP contribution in [0.4, 0.5) is 8.78 Å². The van der Waals surface area contributed by atoms with Crippen molar-refractivity contribution in [2.45, 2.75) is 20.4 Å². The molecule has 2 N–H and O–H groups in total.